The van der Waals surface area contributed by atoms with Gasteiger partial charge >= 0.3 is 0 Å². The first kappa shape index (κ1) is 17.0. The molecule has 2 unspecified atom stereocenters. The third-order valence-electron chi connectivity index (χ3n) is 5.15. The maximum atomic E-state index is 12.2. The van der Waals surface area contributed by atoms with Gasteiger partial charge in [0.25, 0.3) is 0 Å². The van der Waals surface area contributed by atoms with E-state index in [1.54, 1.807) is 0 Å². The number of likely N-dealkylation sites (tertiary alicyclic amines) is 1. The maximum absolute atomic E-state index is 12.2. The molecule has 1 aliphatic carbocycles. The highest BCUT2D eigenvalue weighted by molar-refractivity contribution is 7.12. The van der Waals surface area contributed by atoms with Gasteiger partial charge in [0.15, 0.2) is 0 Å². The Labute approximate surface area is 144 Å². The topological polar surface area (TPSA) is 32.3 Å². The zero-order valence-electron chi connectivity index (χ0n) is 14.4. The minimum Gasteiger partial charge on any atom is -0.356 e. The Morgan fingerprint density at radius 3 is 2.78 bits per heavy atom. The molecule has 23 heavy (non-hydrogen) atoms. The van der Waals surface area contributed by atoms with Gasteiger partial charge in [-0.2, -0.15) is 0 Å². The Morgan fingerprint density at radius 2 is 2.04 bits per heavy atom. The number of carbonyl (C=O) groups is 1. The van der Waals surface area contributed by atoms with E-state index in [1.807, 2.05) is 11.3 Å². The largest absolute Gasteiger partial charge is 0.356 e. The van der Waals surface area contributed by atoms with E-state index in [4.69, 9.17) is 0 Å². The van der Waals surface area contributed by atoms with Crippen molar-refractivity contribution in [3.63, 3.8) is 0 Å². The van der Waals surface area contributed by atoms with Crippen molar-refractivity contribution in [3.8, 4) is 0 Å². The Balaban J connectivity index is 1.23. The lowest BCUT2D eigenvalue weighted by Crippen LogP contribution is -2.30. The van der Waals surface area contributed by atoms with Crippen LogP contribution in [0.25, 0.3) is 0 Å². The molecule has 1 saturated carbocycles. The van der Waals surface area contributed by atoms with E-state index in [0.717, 1.165) is 19.4 Å². The van der Waals surface area contributed by atoms with Crippen LogP contribution < -0.4 is 5.32 Å². The monoisotopic (exact) mass is 334 g/mol. The number of thiophene rings is 1. The second-order valence-corrected chi connectivity index (χ2v) is 8.47. The number of carbonyl (C=O) groups excluding carboxylic acids is 1. The van der Waals surface area contributed by atoms with Crippen LogP contribution in [0.1, 0.15) is 60.6 Å². The lowest BCUT2D eigenvalue weighted by Gasteiger charge is -2.26. The van der Waals surface area contributed by atoms with Gasteiger partial charge in [-0.25, -0.2) is 0 Å². The molecule has 2 heterocycles. The summed E-state index contributed by atoms with van der Waals surface area (Å²) in [5.41, 5.74) is 0. The summed E-state index contributed by atoms with van der Waals surface area (Å²) in [6, 6.07) is 4.36. The summed E-state index contributed by atoms with van der Waals surface area (Å²) in [4.78, 5) is 17.5. The Morgan fingerprint density at radius 1 is 1.22 bits per heavy atom. The molecule has 1 aromatic rings. The van der Waals surface area contributed by atoms with Crippen molar-refractivity contribution in [2.75, 3.05) is 26.2 Å². The molecule has 2 atom stereocenters. The maximum Gasteiger partial charge on any atom is 0.223 e. The average Bonchev–Trinajstić information content (AvgIpc) is 3.26. The minimum atomic E-state index is 0.237. The lowest BCUT2D eigenvalue weighted by molar-refractivity contribution is -0.122. The number of nitrogens with one attached hydrogen (secondary N) is 1. The molecule has 128 valence electrons. The first-order chi connectivity index (χ1) is 11.2. The zero-order chi connectivity index (χ0) is 16.1. The number of amides is 1. The van der Waals surface area contributed by atoms with E-state index in [0.29, 0.717) is 5.92 Å². The Bertz CT molecular complexity index is 507. The first-order valence-electron chi connectivity index (χ1n) is 9.30. The predicted molar refractivity (Wildman–Crippen MR) is 97.1 cm³/mol. The van der Waals surface area contributed by atoms with Crippen LogP contribution in [0.15, 0.2) is 12.1 Å². The number of nitrogens with zero attached hydrogens (tertiary/aromatic N) is 1. The molecule has 0 aromatic carbocycles. The molecule has 3 rings (SSSR count). The number of hydrogen-bond acceptors (Lipinski definition) is 3. The molecule has 4 heteroatoms. The van der Waals surface area contributed by atoms with Crippen molar-refractivity contribution in [3.05, 3.63) is 21.9 Å². The molecular formula is C19H30N2OS. The molecule has 2 fully saturated rings. The fourth-order valence-electron chi connectivity index (χ4n) is 3.61. The van der Waals surface area contributed by atoms with Crippen LogP contribution in [0, 0.1) is 12.8 Å². The van der Waals surface area contributed by atoms with Crippen molar-refractivity contribution < 1.29 is 4.79 Å². The molecule has 1 aromatic heterocycles. The van der Waals surface area contributed by atoms with E-state index < -0.39 is 0 Å². The highest BCUT2D eigenvalue weighted by Crippen LogP contribution is 2.49. The molecule has 1 saturated heterocycles. The number of rotatable bonds is 8. The molecule has 0 bridgehead atoms. The minimum absolute atomic E-state index is 0.237. The third kappa shape index (κ3) is 5.05. The van der Waals surface area contributed by atoms with Gasteiger partial charge in [-0.05, 0) is 70.8 Å². The first-order valence-corrected chi connectivity index (χ1v) is 10.1. The van der Waals surface area contributed by atoms with Crippen molar-refractivity contribution in [1.82, 2.24) is 10.2 Å². The zero-order valence-corrected chi connectivity index (χ0v) is 15.2. The fraction of sp³-hybridized carbons (Fsp3) is 0.737. The predicted octanol–water partition coefficient (Wildman–Crippen LogP) is 3.93. The van der Waals surface area contributed by atoms with Crippen molar-refractivity contribution >= 4 is 17.2 Å². The summed E-state index contributed by atoms with van der Waals surface area (Å²) in [5.74, 6) is 1.01. The van der Waals surface area contributed by atoms with Crippen LogP contribution in [0.4, 0.5) is 0 Å². The van der Waals surface area contributed by atoms with Crippen LogP contribution in [0.5, 0.6) is 0 Å². The highest BCUT2D eigenvalue weighted by Gasteiger charge is 2.44. The van der Waals surface area contributed by atoms with E-state index in [9.17, 15) is 4.79 Å². The second-order valence-electron chi connectivity index (χ2n) is 7.15. The van der Waals surface area contributed by atoms with Gasteiger partial charge in [-0.3, -0.25) is 4.79 Å². The highest BCUT2D eigenvalue weighted by atomic mass is 32.1. The second kappa shape index (κ2) is 8.29. The Kier molecular flexibility index (Phi) is 6.12. The molecule has 1 amide bonds. The third-order valence-corrected chi connectivity index (χ3v) is 6.29. The standard InChI is InChI=1S/C19H30N2OS/c1-15-8-9-18(23-15)16-14-17(16)19(22)20-10-4-2-5-11-21-12-6-3-7-13-21/h8-9,16-17H,2-7,10-14H2,1H3,(H,20,22). The van der Waals surface area contributed by atoms with E-state index in [1.165, 1.54) is 61.5 Å². The van der Waals surface area contributed by atoms with Crippen molar-refractivity contribution in [2.24, 2.45) is 5.92 Å². The molecule has 0 radical (unpaired) electrons. The van der Waals surface area contributed by atoms with Crippen LogP contribution in [-0.2, 0) is 4.79 Å². The van der Waals surface area contributed by atoms with Crippen molar-refractivity contribution in [1.29, 1.82) is 0 Å². The fourth-order valence-corrected chi connectivity index (χ4v) is 4.67. The summed E-state index contributed by atoms with van der Waals surface area (Å²) < 4.78 is 0. The molecule has 2 aliphatic rings. The smallest absolute Gasteiger partial charge is 0.223 e. The van der Waals surface area contributed by atoms with Gasteiger partial charge in [-0.1, -0.05) is 12.8 Å². The van der Waals surface area contributed by atoms with Gasteiger partial charge in [-0.15, -0.1) is 11.3 Å². The number of unbranched alkanes of at least 4 members (excludes halogenated alkanes) is 2. The van der Waals surface area contributed by atoms with Crippen LogP contribution in [0.3, 0.4) is 0 Å². The van der Waals surface area contributed by atoms with Crippen LogP contribution in [0.2, 0.25) is 0 Å². The molecule has 1 aliphatic heterocycles. The van der Waals surface area contributed by atoms with E-state index >= 15 is 0 Å². The van der Waals surface area contributed by atoms with Crippen LogP contribution in [-0.4, -0.2) is 37.0 Å². The van der Waals surface area contributed by atoms with Gasteiger partial charge in [0.1, 0.15) is 0 Å². The quantitative estimate of drug-likeness (QED) is 0.731. The van der Waals surface area contributed by atoms with Crippen molar-refractivity contribution in [2.45, 2.75) is 57.8 Å². The van der Waals surface area contributed by atoms with Gasteiger partial charge < -0.3 is 10.2 Å². The number of aryl methyl sites for hydroxylation is 1. The molecule has 1 N–H and O–H groups in total. The summed E-state index contributed by atoms with van der Waals surface area (Å²) in [6.07, 6.45) is 8.84. The summed E-state index contributed by atoms with van der Waals surface area (Å²) in [6.45, 7) is 6.82. The Hall–Kier alpha value is -0.870. The van der Waals surface area contributed by atoms with Gasteiger partial charge in [0.05, 0.1) is 0 Å². The average molecular weight is 335 g/mol. The summed E-state index contributed by atoms with van der Waals surface area (Å²) in [7, 11) is 0. The van der Waals surface area contributed by atoms with E-state index in [-0.39, 0.29) is 11.8 Å². The molecular weight excluding hydrogens is 304 g/mol. The normalized spacial score (nSPS) is 24.6. The number of hydrogen-bond donors (Lipinski definition) is 1. The summed E-state index contributed by atoms with van der Waals surface area (Å²) in [5, 5.41) is 3.14. The van der Waals surface area contributed by atoms with Gasteiger partial charge in [0, 0.05) is 28.1 Å². The molecule has 3 nitrogen and oxygen atoms in total. The van der Waals surface area contributed by atoms with Crippen LogP contribution >= 0.6 is 11.3 Å². The van der Waals surface area contributed by atoms with E-state index in [2.05, 4.69) is 29.3 Å². The molecule has 0 spiro atoms. The summed E-state index contributed by atoms with van der Waals surface area (Å²) >= 11 is 1.84. The lowest BCUT2D eigenvalue weighted by atomic mass is 10.1. The SMILES string of the molecule is Cc1ccc(C2CC2C(=O)NCCCCCN2CCCCC2)s1. The van der Waals surface area contributed by atoms with Gasteiger partial charge in [0.2, 0.25) is 5.91 Å². The number of piperidine rings is 1.